The second-order valence-electron chi connectivity index (χ2n) is 6.35. The Morgan fingerprint density at radius 3 is 2.40 bits per heavy atom. The van der Waals surface area contributed by atoms with Crippen LogP contribution in [0.2, 0.25) is 0 Å². The summed E-state index contributed by atoms with van der Waals surface area (Å²) in [5.41, 5.74) is 0. The minimum absolute atomic E-state index is 0.518. The van der Waals surface area contributed by atoms with E-state index in [4.69, 9.17) is 9.47 Å². The monoisotopic (exact) mass is 284 g/mol. The van der Waals surface area contributed by atoms with Crippen molar-refractivity contribution in [1.29, 1.82) is 0 Å². The van der Waals surface area contributed by atoms with Gasteiger partial charge in [0.2, 0.25) is 0 Å². The Morgan fingerprint density at radius 1 is 1.15 bits per heavy atom. The average molecular weight is 284 g/mol. The largest absolute Gasteiger partial charge is 0.383 e. The first-order valence-electron chi connectivity index (χ1n) is 8.25. The third-order valence-electron chi connectivity index (χ3n) is 5.14. The van der Waals surface area contributed by atoms with Gasteiger partial charge in [-0.2, -0.15) is 0 Å². The molecule has 0 aromatic heterocycles. The number of ether oxygens (including phenoxy) is 2. The van der Waals surface area contributed by atoms with Gasteiger partial charge in [0.15, 0.2) is 0 Å². The molecule has 0 radical (unpaired) electrons. The first-order valence-corrected chi connectivity index (χ1v) is 8.25. The molecule has 118 valence electrons. The van der Waals surface area contributed by atoms with Gasteiger partial charge in [-0.3, -0.25) is 0 Å². The van der Waals surface area contributed by atoms with Crippen LogP contribution in [0, 0.1) is 5.92 Å². The van der Waals surface area contributed by atoms with Gasteiger partial charge in [0.1, 0.15) is 0 Å². The van der Waals surface area contributed by atoms with Gasteiger partial charge in [0.25, 0.3) is 0 Å². The molecule has 1 heterocycles. The van der Waals surface area contributed by atoms with Crippen molar-refractivity contribution in [2.24, 2.45) is 5.92 Å². The van der Waals surface area contributed by atoms with Gasteiger partial charge in [-0.25, -0.2) is 0 Å². The molecule has 0 amide bonds. The molecule has 0 aromatic carbocycles. The van der Waals surface area contributed by atoms with E-state index in [9.17, 15) is 0 Å². The normalized spacial score (nSPS) is 28.8. The molecular formula is C16H32N2O2. The third-order valence-corrected chi connectivity index (χ3v) is 5.14. The summed E-state index contributed by atoms with van der Waals surface area (Å²) in [5, 5.41) is 0. The van der Waals surface area contributed by atoms with Crippen LogP contribution in [0.5, 0.6) is 0 Å². The van der Waals surface area contributed by atoms with Crippen molar-refractivity contribution in [1.82, 2.24) is 9.80 Å². The molecular weight excluding hydrogens is 252 g/mol. The van der Waals surface area contributed by atoms with E-state index in [1.165, 1.54) is 51.9 Å². The van der Waals surface area contributed by atoms with E-state index < -0.39 is 0 Å². The Labute approximate surface area is 124 Å². The standard InChI is InChI=1S/C16H32N2O2/c1-4-18(15-11-16(12-15)20-3)13-14-5-7-17(8-6-14)9-10-19-2/h14-16H,4-13H2,1-3H3. The summed E-state index contributed by atoms with van der Waals surface area (Å²) in [7, 11) is 3.63. The second kappa shape index (κ2) is 8.32. The first-order chi connectivity index (χ1) is 9.76. The Hall–Kier alpha value is -0.160. The fourth-order valence-electron chi connectivity index (χ4n) is 3.51. The van der Waals surface area contributed by atoms with Crippen LogP contribution in [0.1, 0.15) is 32.6 Å². The van der Waals surface area contributed by atoms with Crippen molar-refractivity contribution in [2.45, 2.75) is 44.8 Å². The summed E-state index contributed by atoms with van der Waals surface area (Å²) in [6, 6.07) is 0.775. The Kier molecular flexibility index (Phi) is 6.75. The van der Waals surface area contributed by atoms with E-state index in [0.717, 1.165) is 25.1 Å². The summed E-state index contributed by atoms with van der Waals surface area (Å²) in [5.74, 6) is 0.885. The van der Waals surface area contributed by atoms with E-state index in [1.54, 1.807) is 7.11 Å². The molecule has 4 nitrogen and oxygen atoms in total. The number of hydrogen-bond donors (Lipinski definition) is 0. The highest BCUT2D eigenvalue weighted by Gasteiger charge is 2.34. The minimum Gasteiger partial charge on any atom is -0.383 e. The van der Waals surface area contributed by atoms with Gasteiger partial charge in [-0.1, -0.05) is 6.92 Å². The summed E-state index contributed by atoms with van der Waals surface area (Å²) in [6.07, 6.45) is 5.68. The molecule has 2 fully saturated rings. The summed E-state index contributed by atoms with van der Waals surface area (Å²) < 4.78 is 10.6. The number of hydrogen-bond acceptors (Lipinski definition) is 4. The van der Waals surface area contributed by atoms with Gasteiger partial charge in [-0.05, 0) is 51.2 Å². The number of methoxy groups -OCH3 is 2. The van der Waals surface area contributed by atoms with E-state index in [0.29, 0.717) is 6.10 Å². The van der Waals surface area contributed by atoms with Crippen molar-refractivity contribution >= 4 is 0 Å². The molecule has 20 heavy (non-hydrogen) atoms. The van der Waals surface area contributed by atoms with E-state index in [2.05, 4.69) is 16.7 Å². The van der Waals surface area contributed by atoms with E-state index in [1.807, 2.05) is 7.11 Å². The van der Waals surface area contributed by atoms with Crippen molar-refractivity contribution < 1.29 is 9.47 Å². The van der Waals surface area contributed by atoms with Gasteiger partial charge < -0.3 is 19.3 Å². The fraction of sp³-hybridized carbons (Fsp3) is 1.00. The SMILES string of the molecule is CCN(CC1CCN(CCOC)CC1)C1CC(OC)C1. The Balaban J connectivity index is 1.66. The van der Waals surface area contributed by atoms with Crippen molar-refractivity contribution in [2.75, 3.05) is 53.6 Å². The van der Waals surface area contributed by atoms with E-state index >= 15 is 0 Å². The van der Waals surface area contributed by atoms with Crippen LogP contribution in [0.25, 0.3) is 0 Å². The zero-order valence-electron chi connectivity index (χ0n) is 13.5. The molecule has 1 aliphatic carbocycles. The molecule has 1 saturated carbocycles. The summed E-state index contributed by atoms with van der Waals surface area (Å²) >= 11 is 0. The second-order valence-corrected chi connectivity index (χ2v) is 6.35. The molecule has 4 heteroatoms. The quantitative estimate of drug-likeness (QED) is 0.679. The highest BCUT2D eigenvalue weighted by atomic mass is 16.5. The number of rotatable bonds is 8. The molecule has 0 N–H and O–H groups in total. The van der Waals surface area contributed by atoms with Gasteiger partial charge in [0.05, 0.1) is 12.7 Å². The number of nitrogens with zero attached hydrogens (tertiary/aromatic N) is 2. The Morgan fingerprint density at radius 2 is 1.85 bits per heavy atom. The van der Waals surface area contributed by atoms with E-state index in [-0.39, 0.29) is 0 Å². The van der Waals surface area contributed by atoms with Crippen LogP contribution in [0.15, 0.2) is 0 Å². The van der Waals surface area contributed by atoms with Gasteiger partial charge >= 0.3 is 0 Å². The van der Waals surface area contributed by atoms with Crippen LogP contribution >= 0.6 is 0 Å². The van der Waals surface area contributed by atoms with Crippen molar-refractivity contribution in [3.63, 3.8) is 0 Å². The van der Waals surface area contributed by atoms with Crippen LogP contribution in [0.4, 0.5) is 0 Å². The van der Waals surface area contributed by atoms with Crippen LogP contribution in [-0.2, 0) is 9.47 Å². The summed E-state index contributed by atoms with van der Waals surface area (Å²) in [4.78, 5) is 5.23. The van der Waals surface area contributed by atoms with Gasteiger partial charge in [0, 0.05) is 33.4 Å². The molecule has 2 aliphatic rings. The van der Waals surface area contributed by atoms with Crippen LogP contribution < -0.4 is 0 Å². The predicted octanol–water partition coefficient (Wildman–Crippen LogP) is 1.84. The number of piperidine rings is 1. The lowest BCUT2D eigenvalue weighted by Gasteiger charge is -2.44. The molecule has 1 aliphatic heterocycles. The highest BCUT2D eigenvalue weighted by Crippen LogP contribution is 2.29. The zero-order chi connectivity index (χ0) is 14.4. The minimum atomic E-state index is 0.518. The third kappa shape index (κ3) is 4.42. The topological polar surface area (TPSA) is 24.9 Å². The average Bonchev–Trinajstić information content (AvgIpc) is 2.44. The molecule has 0 unspecified atom stereocenters. The van der Waals surface area contributed by atoms with Crippen molar-refractivity contribution in [3.05, 3.63) is 0 Å². The lowest BCUT2D eigenvalue weighted by molar-refractivity contribution is -0.0324. The predicted molar refractivity (Wildman–Crippen MR) is 82.1 cm³/mol. The molecule has 2 rings (SSSR count). The maximum absolute atomic E-state index is 5.41. The smallest absolute Gasteiger partial charge is 0.0601 e. The first kappa shape index (κ1) is 16.2. The van der Waals surface area contributed by atoms with Crippen LogP contribution in [-0.4, -0.2) is 75.5 Å². The maximum Gasteiger partial charge on any atom is 0.0601 e. The fourth-order valence-corrected chi connectivity index (χ4v) is 3.51. The molecule has 0 spiro atoms. The van der Waals surface area contributed by atoms with Crippen molar-refractivity contribution in [3.8, 4) is 0 Å². The molecule has 0 atom stereocenters. The highest BCUT2D eigenvalue weighted by molar-refractivity contribution is 4.89. The lowest BCUT2D eigenvalue weighted by Crippen LogP contribution is -2.50. The zero-order valence-corrected chi connectivity index (χ0v) is 13.5. The van der Waals surface area contributed by atoms with Gasteiger partial charge in [-0.15, -0.1) is 0 Å². The molecule has 0 bridgehead atoms. The maximum atomic E-state index is 5.41. The molecule has 0 aromatic rings. The lowest BCUT2D eigenvalue weighted by atomic mass is 9.86. The van der Waals surface area contributed by atoms with Crippen LogP contribution in [0.3, 0.4) is 0 Å². The molecule has 1 saturated heterocycles. The number of likely N-dealkylation sites (tertiary alicyclic amines) is 1. The summed E-state index contributed by atoms with van der Waals surface area (Å²) in [6.45, 7) is 9.23. The Bertz CT molecular complexity index is 261.